The number of carboxylic acids is 1. The lowest BCUT2D eigenvalue weighted by atomic mass is 10.2. The third kappa shape index (κ3) is 3.20. The van der Waals surface area contributed by atoms with Crippen molar-refractivity contribution in [1.29, 1.82) is 0 Å². The molecule has 2 fully saturated rings. The number of amides is 2. The molecule has 2 atom stereocenters. The Hall–Kier alpha value is -0.960. The molecule has 2 rings (SSSR count). The van der Waals surface area contributed by atoms with Gasteiger partial charge in [-0.3, -0.25) is 0 Å². The number of carboxylic acid groups (broad SMARTS) is 1. The van der Waals surface area contributed by atoms with Crippen molar-refractivity contribution in [3.63, 3.8) is 0 Å². The Bertz CT molecular complexity index is 507. The number of sulfone groups is 1. The van der Waals surface area contributed by atoms with E-state index in [2.05, 4.69) is 0 Å². The van der Waals surface area contributed by atoms with Crippen LogP contribution in [0.25, 0.3) is 0 Å². The molecule has 0 saturated carbocycles. The number of thioether (sulfide) groups is 1. The van der Waals surface area contributed by atoms with Gasteiger partial charge in [-0.15, -0.1) is 0 Å². The highest BCUT2D eigenvalue weighted by atomic mass is 32.2. The van der Waals surface area contributed by atoms with E-state index >= 15 is 0 Å². The average molecular weight is 322 g/mol. The van der Waals surface area contributed by atoms with Crippen molar-refractivity contribution < 1.29 is 23.1 Å². The van der Waals surface area contributed by atoms with Crippen molar-refractivity contribution in [2.45, 2.75) is 19.0 Å². The molecule has 0 aromatic heterocycles. The van der Waals surface area contributed by atoms with Crippen LogP contribution in [-0.4, -0.2) is 83.5 Å². The van der Waals surface area contributed by atoms with Crippen LogP contribution in [0.15, 0.2) is 0 Å². The highest BCUT2D eigenvalue weighted by Crippen LogP contribution is 2.21. The van der Waals surface area contributed by atoms with E-state index in [1.54, 1.807) is 6.92 Å². The van der Waals surface area contributed by atoms with Crippen LogP contribution in [0.4, 0.5) is 4.79 Å². The van der Waals surface area contributed by atoms with E-state index in [9.17, 15) is 23.1 Å². The van der Waals surface area contributed by atoms with Gasteiger partial charge < -0.3 is 14.9 Å². The SMILES string of the molecule is CC1CS(=O)(=O)CCN1C(=O)N1CCSCC1C(=O)O. The fourth-order valence-electron chi connectivity index (χ4n) is 2.49. The summed E-state index contributed by atoms with van der Waals surface area (Å²) in [5.41, 5.74) is 0. The Morgan fingerprint density at radius 2 is 1.95 bits per heavy atom. The summed E-state index contributed by atoms with van der Waals surface area (Å²) in [6, 6.07) is -1.60. The van der Waals surface area contributed by atoms with Crippen molar-refractivity contribution in [2.24, 2.45) is 0 Å². The summed E-state index contributed by atoms with van der Waals surface area (Å²) in [5, 5.41) is 9.18. The monoisotopic (exact) mass is 322 g/mol. The lowest BCUT2D eigenvalue weighted by Gasteiger charge is -2.40. The van der Waals surface area contributed by atoms with E-state index in [0.29, 0.717) is 18.1 Å². The molecule has 2 heterocycles. The first-order valence-electron chi connectivity index (χ1n) is 6.40. The van der Waals surface area contributed by atoms with Crippen molar-refractivity contribution in [3.8, 4) is 0 Å². The van der Waals surface area contributed by atoms with Crippen molar-refractivity contribution in [3.05, 3.63) is 0 Å². The molecule has 0 aliphatic carbocycles. The van der Waals surface area contributed by atoms with Gasteiger partial charge in [0.25, 0.3) is 0 Å². The zero-order chi connectivity index (χ0) is 14.9. The molecule has 9 heteroatoms. The van der Waals surface area contributed by atoms with Crippen LogP contribution in [0.1, 0.15) is 6.92 Å². The van der Waals surface area contributed by atoms with Gasteiger partial charge in [0.2, 0.25) is 0 Å². The topological polar surface area (TPSA) is 95.0 Å². The summed E-state index contributed by atoms with van der Waals surface area (Å²) >= 11 is 1.51. The van der Waals surface area contributed by atoms with Crippen LogP contribution in [0, 0.1) is 0 Å². The number of urea groups is 1. The Morgan fingerprint density at radius 1 is 1.25 bits per heavy atom. The number of hydrogen-bond acceptors (Lipinski definition) is 5. The highest BCUT2D eigenvalue weighted by molar-refractivity contribution is 7.99. The summed E-state index contributed by atoms with van der Waals surface area (Å²) in [6.45, 7) is 2.21. The van der Waals surface area contributed by atoms with Crippen LogP contribution in [-0.2, 0) is 14.6 Å². The smallest absolute Gasteiger partial charge is 0.327 e. The number of hydrogen-bond donors (Lipinski definition) is 1. The zero-order valence-corrected chi connectivity index (χ0v) is 12.8. The maximum Gasteiger partial charge on any atom is 0.327 e. The van der Waals surface area contributed by atoms with Gasteiger partial charge in [0, 0.05) is 30.6 Å². The molecule has 1 N–H and O–H groups in total. The summed E-state index contributed by atoms with van der Waals surface area (Å²) in [7, 11) is -3.09. The fraction of sp³-hybridized carbons (Fsp3) is 0.818. The first-order valence-corrected chi connectivity index (χ1v) is 9.37. The third-order valence-corrected chi connectivity index (χ3v) is 6.39. The molecular formula is C11H18N2O5S2. The number of aliphatic carboxylic acids is 1. The second-order valence-corrected chi connectivity index (χ2v) is 8.44. The molecule has 2 unspecified atom stereocenters. The molecule has 114 valence electrons. The van der Waals surface area contributed by atoms with E-state index in [0.717, 1.165) is 0 Å². The first-order chi connectivity index (χ1) is 9.32. The molecule has 2 aliphatic heterocycles. The molecule has 20 heavy (non-hydrogen) atoms. The second kappa shape index (κ2) is 5.80. The van der Waals surface area contributed by atoms with Crippen molar-refractivity contribution in [2.75, 3.05) is 36.1 Å². The van der Waals surface area contributed by atoms with Crippen LogP contribution in [0.2, 0.25) is 0 Å². The van der Waals surface area contributed by atoms with Gasteiger partial charge >= 0.3 is 12.0 Å². The van der Waals surface area contributed by atoms with Crippen molar-refractivity contribution in [1.82, 2.24) is 9.80 Å². The standard InChI is InChI=1S/C11H18N2O5S2/c1-8-7-20(17,18)5-3-12(8)11(16)13-2-4-19-6-9(13)10(14)15/h8-9H,2-7H2,1H3,(H,14,15). The Morgan fingerprint density at radius 3 is 2.55 bits per heavy atom. The minimum absolute atomic E-state index is 0.0522. The molecule has 0 aromatic rings. The Kier molecular flexibility index (Phi) is 4.48. The van der Waals surface area contributed by atoms with E-state index in [-0.39, 0.29) is 24.1 Å². The largest absolute Gasteiger partial charge is 0.480 e. The molecule has 0 bridgehead atoms. The zero-order valence-electron chi connectivity index (χ0n) is 11.2. The van der Waals surface area contributed by atoms with Gasteiger partial charge in [0.05, 0.1) is 11.5 Å². The van der Waals surface area contributed by atoms with Gasteiger partial charge in [-0.25, -0.2) is 18.0 Å². The van der Waals surface area contributed by atoms with Gasteiger partial charge in [-0.05, 0) is 6.92 Å². The summed E-state index contributed by atoms with van der Waals surface area (Å²) < 4.78 is 23.1. The second-order valence-electron chi connectivity index (χ2n) is 5.06. The van der Waals surface area contributed by atoms with Crippen molar-refractivity contribution >= 4 is 33.6 Å². The number of nitrogens with zero attached hydrogens (tertiary/aromatic N) is 2. The first kappa shape index (κ1) is 15.4. The normalized spacial score (nSPS) is 30.1. The molecule has 7 nitrogen and oxygen atoms in total. The molecule has 2 amide bonds. The lowest BCUT2D eigenvalue weighted by molar-refractivity contribution is -0.141. The Balaban J connectivity index is 2.12. The number of rotatable bonds is 1. The van der Waals surface area contributed by atoms with Crippen LogP contribution >= 0.6 is 11.8 Å². The van der Waals surface area contributed by atoms with Crippen LogP contribution in [0.3, 0.4) is 0 Å². The molecule has 2 aliphatic rings. The quantitative estimate of drug-likeness (QED) is 0.714. The predicted molar refractivity (Wildman–Crippen MR) is 75.7 cm³/mol. The van der Waals surface area contributed by atoms with Gasteiger partial charge in [-0.2, -0.15) is 11.8 Å². The minimum Gasteiger partial charge on any atom is -0.480 e. The predicted octanol–water partition coefficient (Wildman–Crippen LogP) is -0.273. The van der Waals surface area contributed by atoms with Crippen LogP contribution in [0.5, 0.6) is 0 Å². The number of carbonyl (C=O) groups is 2. The van der Waals surface area contributed by atoms with E-state index < -0.39 is 27.9 Å². The molecule has 0 radical (unpaired) electrons. The molecule has 0 spiro atoms. The summed E-state index contributed by atoms with van der Waals surface area (Å²) in [6.07, 6.45) is 0. The summed E-state index contributed by atoms with van der Waals surface area (Å²) in [4.78, 5) is 26.5. The highest BCUT2D eigenvalue weighted by Gasteiger charge is 2.38. The molecule has 0 aromatic carbocycles. The van der Waals surface area contributed by atoms with Gasteiger partial charge in [0.1, 0.15) is 6.04 Å². The van der Waals surface area contributed by atoms with E-state index in [4.69, 9.17) is 0 Å². The number of carbonyl (C=O) groups excluding carboxylic acids is 1. The average Bonchev–Trinajstić information content (AvgIpc) is 2.37. The minimum atomic E-state index is -3.09. The molecule has 2 saturated heterocycles. The Labute approximate surface area is 122 Å². The maximum atomic E-state index is 12.5. The van der Waals surface area contributed by atoms with Gasteiger partial charge in [-0.1, -0.05) is 0 Å². The van der Waals surface area contributed by atoms with Crippen LogP contribution < -0.4 is 0 Å². The third-order valence-electron chi connectivity index (χ3n) is 3.58. The maximum absolute atomic E-state index is 12.5. The molecular weight excluding hydrogens is 304 g/mol. The lowest BCUT2D eigenvalue weighted by Crippen LogP contribution is -2.59. The van der Waals surface area contributed by atoms with Gasteiger partial charge in [0.15, 0.2) is 9.84 Å². The van der Waals surface area contributed by atoms with E-state index in [1.165, 1.54) is 21.6 Å². The van der Waals surface area contributed by atoms with E-state index in [1.807, 2.05) is 0 Å². The fourth-order valence-corrected chi connectivity index (χ4v) is 5.08. The summed E-state index contributed by atoms with van der Waals surface area (Å²) in [5.74, 6) is -0.0389.